The van der Waals surface area contributed by atoms with Gasteiger partial charge in [-0.1, -0.05) is 51.4 Å². The monoisotopic (exact) mass is 268 g/mol. The number of rotatable bonds is 2. The Morgan fingerprint density at radius 1 is 0.833 bits per heavy atom. The third-order valence-electron chi connectivity index (χ3n) is 4.59. The zero-order valence-corrected chi connectivity index (χ0v) is 13.8. The highest BCUT2D eigenvalue weighted by Gasteiger charge is 2.55. The highest BCUT2D eigenvalue weighted by Crippen LogP contribution is 2.54. The molecule has 2 saturated carbocycles. The second kappa shape index (κ2) is 6.09. The molecule has 106 valence electrons. The van der Waals surface area contributed by atoms with Crippen molar-refractivity contribution in [1.29, 1.82) is 0 Å². The SMILES string of the molecule is C[Si](C)(C)OC12CCCCCCCCCCC1C2. The van der Waals surface area contributed by atoms with Crippen LogP contribution in [-0.4, -0.2) is 13.9 Å². The van der Waals surface area contributed by atoms with Crippen molar-refractivity contribution in [1.82, 2.24) is 0 Å². The average Bonchev–Trinajstić information content (AvgIpc) is 2.89. The Hall–Kier alpha value is 0.177. The average molecular weight is 269 g/mol. The maximum atomic E-state index is 6.58. The lowest BCUT2D eigenvalue weighted by atomic mass is 9.99. The topological polar surface area (TPSA) is 9.23 Å². The van der Waals surface area contributed by atoms with E-state index in [1.54, 1.807) is 0 Å². The van der Waals surface area contributed by atoms with E-state index in [4.69, 9.17) is 4.43 Å². The van der Waals surface area contributed by atoms with Crippen LogP contribution < -0.4 is 0 Å². The van der Waals surface area contributed by atoms with E-state index in [1.807, 2.05) is 0 Å². The predicted molar refractivity (Wildman–Crippen MR) is 81.4 cm³/mol. The molecule has 0 heterocycles. The minimum atomic E-state index is -1.37. The first-order valence-corrected chi connectivity index (χ1v) is 11.6. The Bertz CT molecular complexity index is 258. The zero-order valence-electron chi connectivity index (χ0n) is 12.8. The molecule has 0 N–H and O–H groups in total. The van der Waals surface area contributed by atoms with Gasteiger partial charge in [-0.15, -0.1) is 0 Å². The van der Waals surface area contributed by atoms with Crippen molar-refractivity contribution in [2.45, 2.75) is 95.9 Å². The summed E-state index contributed by atoms with van der Waals surface area (Å²) in [5.74, 6) is 0.906. The van der Waals surface area contributed by atoms with Crippen LogP contribution in [-0.2, 0) is 4.43 Å². The second-order valence-corrected chi connectivity index (χ2v) is 12.0. The predicted octanol–water partition coefficient (Wildman–Crippen LogP) is 5.51. The van der Waals surface area contributed by atoms with Gasteiger partial charge in [0.2, 0.25) is 0 Å². The molecule has 1 nitrogen and oxygen atoms in total. The molecular weight excluding hydrogens is 236 g/mol. The fourth-order valence-corrected chi connectivity index (χ4v) is 5.26. The summed E-state index contributed by atoms with van der Waals surface area (Å²) >= 11 is 0. The van der Waals surface area contributed by atoms with E-state index < -0.39 is 8.32 Å². The second-order valence-electron chi connectivity index (χ2n) is 7.55. The summed E-state index contributed by atoms with van der Waals surface area (Å²) in [5.41, 5.74) is 0.337. The van der Waals surface area contributed by atoms with E-state index in [-0.39, 0.29) is 0 Å². The summed E-state index contributed by atoms with van der Waals surface area (Å²) in [5, 5.41) is 0. The van der Waals surface area contributed by atoms with Crippen LogP contribution in [0.1, 0.15) is 70.6 Å². The van der Waals surface area contributed by atoms with Crippen LogP contribution in [0.5, 0.6) is 0 Å². The van der Waals surface area contributed by atoms with Crippen LogP contribution in [0.4, 0.5) is 0 Å². The lowest BCUT2D eigenvalue weighted by Crippen LogP contribution is -2.34. The van der Waals surface area contributed by atoms with Crippen LogP contribution in [0.25, 0.3) is 0 Å². The van der Waals surface area contributed by atoms with Crippen molar-refractivity contribution in [3.05, 3.63) is 0 Å². The standard InChI is InChI=1S/C16H32OSi/c1-18(2,3)17-16-13-11-9-7-5-4-6-8-10-12-15(16)14-16/h15H,4-14H2,1-3H3. The molecule has 2 aliphatic carbocycles. The van der Waals surface area contributed by atoms with Gasteiger partial charge >= 0.3 is 0 Å². The summed E-state index contributed by atoms with van der Waals surface area (Å²) in [6, 6.07) is 0. The third kappa shape index (κ3) is 4.38. The van der Waals surface area contributed by atoms with Crippen LogP contribution >= 0.6 is 0 Å². The molecule has 0 saturated heterocycles. The van der Waals surface area contributed by atoms with Crippen LogP contribution in [0.2, 0.25) is 19.6 Å². The molecule has 0 bridgehead atoms. The van der Waals surface area contributed by atoms with Gasteiger partial charge in [0.15, 0.2) is 8.32 Å². The van der Waals surface area contributed by atoms with E-state index in [0.717, 1.165) is 5.92 Å². The lowest BCUT2D eigenvalue weighted by molar-refractivity contribution is 0.134. The molecule has 2 heteroatoms. The van der Waals surface area contributed by atoms with Gasteiger partial charge in [0, 0.05) is 0 Å². The molecule has 0 spiro atoms. The van der Waals surface area contributed by atoms with E-state index in [1.165, 1.54) is 70.6 Å². The van der Waals surface area contributed by atoms with Crippen molar-refractivity contribution >= 4 is 8.32 Å². The first-order chi connectivity index (χ1) is 8.52. The number of hydrogen-bond donors (Lipinski definition) is 0. The quantitative estimate of drug-likeness (QED) is 0.600. The fourth-order valence-electron chi connectivity index (χ4n) is 3.69. The minimum Gasteiger partial charge on any atom is -0.412 e. The van der Waals surface area contributed by atoms with Gasteiger partial charge in [0.1, 0.15) is 0 Å². The minimum absolute atomic E-state index is 0.337. The molecule has 2 unspecified atom stereocenters. The Morgan fingerprint density at radius 3 is 2.00 bits per heavy atom. The van der Waals surface area contributed by atoms with Crippen molar-refractivity contribution in [3.63, 3.8) is 0 Å². The van der Waals surface area contributed by atoms with E-state index in [2.05, 4.69) is 19.6 Å². The molecule has 2 atom stereocenters. The van der Waals surface area contributed by atoms with Gasteiger partial charge in [-0.2, -0.15) is 0 Å². The Labute approximate surface area is 115 Å². The van der Waals surface area contributed by atoms with Gasteiger partial charge in [0.25, 0.3) is 0 Å². The van der Waals surface area contributed by atoms with E-state index >= 15 is 0 Å². The van der Waals surface area contributed by atoms with Gasteiger partial charge in [-0.05, 0) is 44.8 Å². The normalized spacial score (nSPS) is 35.2. The molecule has 0 amide bonds. The largest absolute Gasteiger partial charge is 0.412 e. The zero-order chi connectivity index (χ0) is 13.1. The highest BCUT2D eigenvalue weighted by molar-refractivity contribution is 6.69. The van der Waals surface area contributed by atoms with Crippen molar-refractivity contribution < 1.29 is 4.43 Å². The first kappa shape index (κ1) is 14.6. The van der Waals surface area contributed by atoms with Crippen molar-refractivity contribution in [3.8, 4) is 0 Å². The maximum absolute atomic E-state index is 6.58. The Morgan fingerprint density at radius 2 is 1.39 bits per heavy atom. The lowest BCUT2D eigenvalue weighted by Gasteiger charge is -2.28. The van der Waals surface area contributed by atoms with Crippen molar-refractivity contribution in [2.75, 3.05) is 0 Å². The molecule has 0 aromatic rings. The van der Waals surface area contributed by atoms with E-state index in [9.17, 15) is 0 Å². The molecular formula is C16H32OSi. The highest BCUT2D eigenvalue weighted by atomic mass is 28.4. The molecule has 2 fully saturated rings. The molecule has 0 aromatic heterocycles. The molecule has 2 aliphatic rings. The third-order valence-corrected chi connectivity index (χ3v) is 5.61. The first-order valence-electron chi connectivity index (χ1n) is 8.22. The Kier molecular flexibility index (Phi) is 4.93. The summed E-state index contributed by atoms with van der Waals surface area (Å²) < 4.78 is 6.58. The number of fused-ring (bicyclic) bond motifs is 1. The molecule has 2 rings (SSSR count). The van der Waals surface area contributed by atoms with Gasteiger partial charge in [0.05, 0.1) is 5.60 Å². The molecule has 18 heavy (non-hydrogen) atoms. The van der Waals surface area contributed by atoms with Crippen LogP contribution in [0.3, 0.4) is 0 Å². The fraction of sp³-hybridized carbons (Fsp3) is 1.00. The van der Waals surface area contributed by atoms with Crippen LogP contribution in [0, 0.1) is 5.92 Å². The summed E-state index contributed by atoms with van der Waals surface area (Å²) in [6.45, 7) is 7.06. The molecule has 0 aliphatic heterocycles. The molecule has 0 radical (unpaired) electrons. The van der Waals surface area contributed by atoms with E-state index in [0.29, 0.717) is 5.60 Å². The summed E-state index contributed by atoms with van der Waals surface area (Å²) in [7, 11) is -1.37. The van der Waals surface area contributed by atoms with Gasteiger partial charge < -0.3 is 4.43 Å². The van der Waals surface area contributed by atoms with Gasteiger partial charge in [-0.25, -0.2) is 0 Å². The van der Waals surface area contributed by atoms with Crippen LogP contribution in [0.15, 0.2) is 0 Å². The Balaban J connectivity index is 1.88. The maximum Gasteiger partial charge on any atom is 0.184 e. The summed E-state index contributed by atoms with van der Waals surface area (Å²) in [4.78, 5) is 0. The summed E-state index contributed by atoms with van der Waals surface area (Å²) in [6.07, 6.45) is 15.8. The van der Waals surface area contributed by atoms with Gasteiger partial charge in [-0.3, -0.25) is 0 Å². The van der Waals surface area contributed by atoms with Crippen molar-refractivity contribution in [2.24, 2.45) is 5.92 Å². The molecule has 0 aromatic carbocycles. The smallest absolute Gasteiger partial charge is 0.184 e. The number of hydrogen-bond acceptors (Lipinski definition) is 1.